The summed E-state index contributed by atoms with van der Waals surface area (Å²) in [7, 11) is 1.61. The van der Waals surface area contributed by atoms with Gasteiger partial charge in [0.25, 0.3) is 0 Å². The van der Waals surface area contributed by atoms with Crippen LogP contribution in [0.15, 0.2) is 24.3 Å². The van der Waals surface area contributed by atoms with Gasteiger partial charge in [0.1, 0.15) is 0 Å². The molecule has 0 spiro atoms. The standard InChI is InChI=1S/C17H27N3O3/c1-12(11-22-4)18-17(21)19-15-5-7-16(8-6-15)20-9-13(2)23-14(3)10-20/h5-8,12-14H,9-11H2,1-4H3,(H2,18,19,21)/t12-,13-,14-/m0/s1. The summed E-state index contributed by atoms with van der Waals surface area (Å²) in [6.45, 7) is 8.32. The van der Waals surface area contributed by atoms with E-state index in [1.807, 2.05) is 31.2 Å². The van der Waals surface area contributed by atoms with Gasteiger partial charge in [0.05, 0.1) is 24.9 Å². The summed E-state index contributed by atoms with van der Waals surface area (Å²) < 4.78 is 10.8. The Hall–Kier alpha value is -1.79. The molecule has 1 aromatic rings. The lowest BCUT2D eigenvalue weighted by Crippen LogP contribution is -2.45. The van der Waals surface area contributed by atoms with Crippen molar-refractivity contribution in [3.63, 3.8) is 0 Å². The number of nitrogens with one attached hydrogen (secondary N) is 2. The first-order valence-electron chi connectivity index (χ1n) is 8.05. The fraction of sp³-hybridized carbons (Fsp3) is 0.588. The molecule has 2 amide bonds. The predicted molar refractivity (Wildman–Crippen MR) is 92.2 cm³/mol. The molecule has 0 radical (unpaired) electrons. The molecule has 2 N–H and O–H groups in total. The van der Waals surface area contributed by atoms with Gasteiger partial charge in [-0.15, -0.1) is 0 Å². The molecular weight excluding hydrogens is 294 g/mol. The maximum Gasteiger partial charge on any atom is 0.319 e. The van der Waals surface area contributed by atoms with Gasteiger partial charge in [-0.3, -0.25) is 0 Å². The summed E-state index contributed by atoms with van der Waals surface area (Å²) in [6, 6.07) is 7.63. The molecular formula is C17H27N3O3. The Labute approximate surface area is 138 Å². The second kappa shape index (κ2) is 8.17. The molecule has 0 aromatic heterocycles. The van der Waals surface area contributed by atoms with Crippen LogP contribution in [0, 0.1) is 0 Å². The number of carbonyl (C=O) groups excluding carboxylic acids is 1. The molecule has 0 saturated carbocycles. The van der Waals surface area contributed by atoms with E-state index in [0.29, 0.717) is 6.61 Å². The number of carbonyl (C=O) groups is 1. The number of hydrogen-bond acceptors (Lipinski definition) is 4. The Morgan fingerprint density at radius 1 is 1.30 bits per heavy atom. The minimum Gasteiger partial charge on any atom is -0.383 e. The van der Waals surface area contributed by atoms with Crippen LogP contribution in [-0.4, -0.2) is 51.1 Å². The van der Waals surface area contributed by atoms with Crippen LogP contribution in [-0.2, 0) is 9.47 Å². The van der Waals surface area contributed by atoms with Crippen LogP contribution < -0.4 is 15.5 Å². The molecule has 1 aliphatic heterocycles. The highest BCUT2D eigenvalue weighted by molar-refractivity contribution is 5.89. The minimum absolute atomic E-state index is 0.0319. The number of anilines is 2. The van der Waals surface area contributed by atoms with Crippen LogP contribution in [0.25, 0.3) is 0 Å². The molecule has 6 nitrogen and oxygen atoms in total. The number of benzene rings is 1. The first kappa shape index (κ1) is 17.6. The number of hydrogen-bond donors (Lipinski definition) is 2. The number of urea groups is 1. The van der Waals surface area contributed by atoms with Crippen molar-refractivity contribution in [2.24, 2.45) is 0 Å². The van der Waals surface area contributed by atoms with Gasteiger partial charge in [0, 0.05) is 31.6 Å². The summed E-state index contributed by atoms with van der Waals surface area (Å²) in [5, 5.41) is 5.65. The Balaban J connectivity index is 1.90. The van der Waals surface area contributed by atoms with Crippen LogP contribution in [0.2, 0.25) is 0 Å². The molecule has 3 atom stereocenters. The number of ether oxygens (including phenoxy) is 2. The van der Waals surface area contributed by atoms with Crippen LogP contribution in [0.3, 0.4) is 0 Å². The molecule has 1 saturated heterocycles. The molecule has 0 bridgehead atoms. The van der Waals surface area contributed by atoms with E-state index in [0.717, 1.165) is 24.5 Å². The highest BCUT2D eigenvalue weighted by Crippen LogP contribution is 2.22. The highest BCUT2D eigenvalue weighted by Gasteiger charge is 2.22. The Kier molecular flexibility index (Phi) is 6.24. The van der Waals surface area contributed by atoms with Gasteiger partial charge in [-0.1, -0.05) is 0 Å². The van der Waals surface area contributed by atoms with E-state index in [-0.39, 0.29) is 24.3 Å². The zero-order chi connectivity index (χ0) is 16.8. The lowest BCUT2D eigenvalue weighted by molar-refractivity contribution is -0.00521. The van der Waals surface area contributed by atoms with Crippen molar-refractivity contribution < 1.29 is 14.3 Å². The first-order chi connectivity index (χ1) is 11.0. The monoisotopic (exact) mass is 321 g/mol. The van der Waals surface area contributed by atoms with E-state index in [4.69, 9.17) is 9.47 Å². The summed E-state index contributed by atoms with van der Waals surface area (Å²) >= 11 is 0. The predicted octanol–water partition coefficient (Wildman–Crippen LogP) is 2.46. The maximum absolute atomic E-state index is 11.9. The molecule has 0 unspecified atom stereocenters. The topological polar surface area (TPSA) is 62.8 Å². The smallest absolute Gasteiger partial charge is 0.319 e. The quantitative estimate of drug-likeness (QED) is 0.874. The third-order valence-corrected chi connectivity index (χ3v) is 3.70. The number of methoxy groups -OCH3 is 1. The fourth-order valence-electron chi connectivity index (χ4n) is 2.83. The Morgan fingerprint density at radius 2 is 1.91 bits per heavy atom. The van der Waals surface area contributed by atoms with Crippen LogP contribution in [0.1, 0.15) is 20.8 Å². The molecule has 2 rings (SSSR count). The summed E-state index contributed by atoms with van der Waals surface area (Å²) in [5.41, 5.74) is 1.91. The van der Waals surface area contributed by atoms with Gasteiger partial charge in [-0.05, 0) is 45.0 Å². The molecule has 1 fully saturated rings. The van der Waals surface area contributed by atoms with Crippen molar-refractivity contribution in [3.8, 4) is 0 Å². The van der Waals surface area contributed by atoms with Crippen molar-refractivity contribution >= 4 is 17.4 Å². The van der Waals surface area contributed by atoms with Crippen molar-refractivity contribution in [2.75, 3.05) is 37.0 Å². The van der Waals surface area contributed by atoms with E-state index in [1.165, 1.54) is 0 Å². The van der Waals surface area contributed by atoms with Crippen molar-refractivity contribution in [1.29, 1.82) is 0 Å². The van der Waals surface area contributed by atoms with Crippen LogP contribution in [0.4, 0.5) is 16.2 Å². The molecule has 1 aliphatic rings. The van der Waals surface area contributed by atoms with Gasteiger partial charge in [-0.2, -0.15) is 0 Å². The third-order valence-electron chi connectivity index (χ3n) is 3.70. The van der Waals surface area contributed by atoms with E-state index in [9.17, 15) is 4.79 Å². The van der Waals surface area contributed by atoms with Crippen molar-refractivity contribution in [1.82, 2.24) is 5.32 Å². The normalized spacial score (nSPS) is 22.5. The van der Waals surface area contributed by atoms with E-state index >= 15 is 0 Å². The van der Waals surface area contributed by atoms with Gasteiger partial charge < -0.3 is 25.0 Å². The second-order valence-electron chi connectivity index (χ2n) is 6.16. The maximum atomic E-state index is 11.9. The molecule has 0 aliphatic carbocycles. The van der Waals surface area contributed by atoms with Gasteiger partial charge in [0.2, 0.25) is 0 Å². The van der Waals surface area contributed by atoms with Crippen LogP contribution in [0.5, 0.6) is 0 Å². The zero-order valence-electron chi connectivity index (χ0n) is 14.3. The largest absolute Gasteiger partial charge is 0.383 e. The summed E-state index contributed by atoms with van der Waals surface area (Å²) in [6.07, 6.45) is 0.453. The first-order valence-corrected chi connectivity index (χ1v) is 8.05. The number of morpholine rings is 1. The van der Waals surface area contributed by atoms with E-state index < -0.39 is 0 Å². The average molecular weight is 321 g/mol. The number of nitrogens with zero attached hydrogens (tertiary/aromatic N) is 1. The van der Waals surface area contributed by atoms with Gasteiger partial charge >= 0.3 is 6.03 Å². The fourth-order valence-corrected chi connectivity index (χ4v) is 2.83. The molecule has 128 valence electrons. The van der Waals surface area contributed by atoms with Crippen molar-refractivity contribution in [2.45, 2.75) is 39.0 Å². The lowest BCUT2D eigenvalue weighted by atomic mass is 10.2. The van der Waals surface area contributed by atoms with E-state index in [2.05, 4.69) is 29.4 Å². The van der Waals surface area contributed by atoms with Gasteiger partial charge in [0.15, 0.2) is 0 Å². The SMILES string of the molecule is COC[C@H](C)NC(=O)Nc1ccc(N2C[C@H](C)O[C@@H](C)C2)cc1. The van der Waals surface area contributed by atoms with Crippen molar-refractivity contribution in [3.05, 3.63) is 24.3 Å². The molecule has 6 heteroatoms. The second-order valence-corrected chi connectivity index (χ2v) is 6.16. The van der Waals surface area contributed by atoms with Gasteiger partial charge in [-0.25, -0.2) is 4.79 Å². The molecule has 1 aromatic carbocycles. The summed E-state index contributed by atoms with van der Waals surface area (Å²) in [4.78, 5) is 14.2. The minimum atomic E-state index is -0.226. The Bertz CT molecular complexity index is 496. The molecule has 1 heterocycles. The average Bonchev–Trinajstić information content (AvgIpc) is 2.47. The molecule has 23 heavy (non-hydrogen) atoms. The highest BCUT2D eigenvalue weighted by atomic mass is 16.5. The van der Waals surface area contributed by atoms with Crippen LogP contribution >= 0.6 is 0 Å². The number of rotatable bonds is 5. The zero-order valence-corrected chi connectivity index (χ0v) is 14.3. The Morgan fingerprint density at radius 3 is 2.48 bits per heavy atom. The number of amides is 2. The lowest BCUT2D eigenvalue weighted by Gasteiger charge is -2.36. The third kappa shape index (κ3) is 5.41. The van der Waals surface area contributed by atoms with E-state index in [1.54, 1.807) is 7.11 Å². The summed E-state index contributed by atoms with van der Waals surface area (Å²) in [5.74, 6) is 0.